The Labute approximate surface area is 86.7 Å². The van der Waals surface area contributed by atoms with Crippen molar-refractivity contribution in [1.82, 2.24) is 0 Å². The molecule has 0 aliphatic rings. The molecule has 12 heavy (non-hydrogen) atoms. The van der Waals surface area contributed by atoms with E-state index in [1.54, 1.807) is 6.08 Å². The van der Waals surface area contributed by atoms with Crippen molar-refractivity contribution >= 4 is 34.8 Å². The van der Waals surface area contributed by atoms with Crippen LogP contribution in [0.1, 0.15) is 10.9 Å². The van der Waals surface area contributed by atoms with Crippen molar-refractivity contribution < 1.29 is 0 Å². The molecule has 0 bridgehead atoms. The molecule has 0 N–H and O–H groups in total. The summed E-state index contributed by atoms with van der Waals surface area (Å²) in [5.41, 5.74) is 0.984. The van der Waals surface area contributed by atoms with E-state index in [4.69, 9.17) is 34.8 Å². The zero-order valence-electron chi connectivity index (χ0n) is 6.18. The third kappa shape index (κ3) is 3.06. The van der Waals surface area contributed by atoms with Crippen LogP contribution in [0.2, 0.25) is 0 Å². The fraction of sp³-hybridized carbons (Fsp3) is 0.111. The average molecular weight is 222 g/mol. The summed E-state index contributed by atoms with van der Waals surface area (Å²) in [4.78, 5) is 0. The van der Waals surface area contributed by atoms with E-state index in [2.05, 4.69) is 0 Å². The Morgan fingerprint density at radius 1 is 1.17 bits per heavy atom. The van der Waals surface area contributed by atoms with Gasteiger partial charge < -0.3 is 0 Å². The third-order valence-electron chi connectivity index (χ3n) is 1.39. The van der Waals surface area contributed by atoms with Crippen LogP contribution in [0.5, 0.6) is 0 Å². The van der Waals surface area contributed by atoms with Gasteiger partial charge in [-0.25, -0.2) is 0 Å². The summed E-state index contributed by atoms with van der Waals surface area (Å²) >= 11 is 16.9. The van der Waals surface area contributed by atoms with Crippen LogP contribution in [0.4, 0.5) is 0 Å². The summed E-state index contributed by atoms with van der Waals surface area (Å²) in [6.07, 6.45) is 1.58. The molecule has 0 aliphatic heterocycles. The molecule has 0 aromatic heterocycles. The van der Waals surface area contributed by atoms with Gasteiger partial charge in [0.05, 0.1) is 5.38 Å². The molecule has 0 aliphatic carbocycles. The van der Waals surface area contributed by atoms with Crippen LogP contribution < -0.4 is 0 Å². The third-order valence-corrected chi connectivity index (χ3v) is 2.02. The molecule has 1 aromatic carbocycles. The molecule has 0 spiro atoms. The van der Waals surface area contributed by atoms with Crippen LogP contribution in [-0.4, -0.2) is 0 Å². The molecule has 0 saturated heterocycles. The molecule has 0 nitrogen and oxygen atoms in total. The first-order valence-corrected chi connectivity index (χ1v) is 4.61. The van der Waals surface area contributed by atoms with Gasteiger partial charge in [-0.05, 0) is 11.6 Å². The zero-order chi connectivity index (χ0) is 8.97. The number of halogens is 3. The highest BCUT2D eigenvalue weighted by Crippen LogP contribution is 2.24. The van der Waals surface area contributed by atoms with Crippen LogP contribution in [0.15, 0.2) is 40.9 Å². The van der Waals surface area contributed by atoms with Crippen LogP contribution >= 0.6 is 34.8 Å². The maximum atomic E-state index is 5.96. The Kier molecular flexibility index (Phi) is 3.93. The van der Waals surface area contributed by atoms with Gasteiger partial charge in [0.15, 0.2) is 0 Å². The molecule has 64 valence electrons. The van der Waals surface area contributed by atoms with Gasteiger partial charge in [-0.15, -0.1) is 11.6 Å². The van der Waals surface area contributed by atoms with E-state index < -0.39 is 0 Å². The van der Waals surface area contributed by atoms with E-state index in [1.165, 1.54) is 0 Å². The van der Waals surface area contributed by atoms with Crippen molar-refractivity contribution in [1.29, 1.82) is 0 Å². The fourth-order valence-electron chi connectivity index (χ4n) is 0.844. The lowest BCUT2D eigenvalue weighted by atomic mass is 10.1. The summed E-state index contributed by atoms with van der Waals surface area (Å²) < 4.78 is 0.193. The molecule has 0 heterocycles. The smallest absolute Gasteiger partial charge is 0.104 e. The monoisotopic (exact) mass is 220 g/mol. The SMILES string of the molecule is ClC(Cl)=CC(Cl)c1ccccc1. The van der Waals surface area contributed by atoms with Crippen LogP contribution in [-0.2, 0) is 0 Å². The van der Waals surface area contributed by atoms with Gasteiger partial charge in [-0.2, -0.15) is 0 Å². The molecule has 3 heteroatoms. The molecule has 0 radical (unpaired) electrons. The number of benzene rings is 1. The quantitative estimate of drug-likeness (QED) is 0.654. The van der Waals surface area contributed by atoms with E-state index in [1.807, 2.05) is 30.3 Å². The van der Waals surface area contributed by atoms with Gasteiger partial charge in [0.1, 0.15) is 4.49 Å². The number of rotatable bonds is 2. The molecule has 1 aromatic rings. The molecule has 1 unspecified atom stereocenters. The average Bonchev–Trinajstić information content (AvgIpc) is 2.05. The van der Waals surface area contributed by atoms with E-state index >= 15 is 0 Å². The summed E-state index contributed by atoms with van der Waals surface area (Å²) in [7, 11) is 0. The van der Waals surface area contributed by atoms with Crippen LogP contribution in [0.25, 0.3) is 0 Å². The molecular weight excluding hydrogens is 214 g/mol. The first-order chi connectivity index (χ1) is 5.70. The summed E-state index contributed by atoms with van der Waals surface area (Å²) in [5.74, 6) is 0. The zero-order valence-corrected chi connectivity index (χ0v) is 8.44. The Hall–Kier alpha value is -0.170. The van der Waals surface area contributed by atoms with Gasteiger partial charge in [0.2, 0.25) is 0 Å². The Morgan fingerprint density at radius 3 is 2.25 bits per heavy atom. The minimum Gasteiger partial charge on any atom is -0.113 e. The summed E-state index contributed by atoms with van der Waals surface area (Å²) in [6, 6.07) is 9.61. The predicted octanol–water partition coefficient (Wildman–Crippen LogP) is 4.29. The van der Waals surface area contributed by atoms with E-state index in [0.29, 0.717) is 0 Å². The number of hydrogen-bond donors (Lipinski definition) is 0. The van der Waals surface area contributed by atoms with Crippen molar-refractivity contribution in [2.24, 2.45) is 0 Å². The topological polar surface area (TPSA) is 0 Å². The van der Waals surface area contributed by atoms with Crippen LogP contribution in [0, 0.1) is 0 Å². The van der Waals surface area contributed by atoms with Gasteiger partial charge in [-0.3, -0.25) is 0 Å². The molecular formula is C9H7Cl3. The van der Waals surface area contributed by atoms with E-state index in [-0.39, 0.29) is 9.87 Å². The summed E-state index contributed by atoms with van der Waals surface area (Å²) in [6.45, 7) is 0. The van der Waals surface area contributed by atoms with Gasteiger partial charge in [0, 0.05) is 0 Å². The minimum atomic E-state index is -0.254. The maximum absolute atomic E-state index is 5.96. The van der Waals surface area contributed by atoms with E-state index in [0.717, 1.165) is 5.56 Å². The first kappa shape index (κ1) is 9.91. The lowest BCUT2D eigenvalue weighted by Crippen LogP contribution is -1.84. The van der Waals surface area contributed by atoms with Crippen molar-refractivity contribution in [3.8, 4) is 0 Å². The highest BCUT2D eigenvalue weighted by molar-refractivity contribution is 6.56. The Bertz CT molecular complexity index is 262. The van der Waals surface area contributed by atoms with E-state index in [9.17, 15) is 0 Å². The molecule has 1 atom stereocenters. The standard InChI is InChI=1S/C9H7Cl3/c10-8(6-9(11)12)7-4-2-1-3-5-7/h1-6,8H. The minimum absolute atomic E-state index is 0.193. The largest absolute Gasteiger partial charge is 0.113 e. The van der Waals surface area contributed by atoms with Crippen molar-refractivity contribution in [3.63, 3.8) is 0 Å². The van der Waals surface area contributed by atoms with Crippen molar-refractivity contribution in [2.75, 3.05) is 0 Å². The van der Waals surface area contributed by atoms with Crippen LogP contribution in [0.3, 0.4) is 0 Å². The number of allylic oxidation sites excluding steroid dienone is 1. The van der Waals surface area contributed by atoms with Gasteiger partial charge in [-0.1, -0.05) is 53.5 Å². The fourth-order valence-corrected chi connectivity index (χ4v) is 1.50. The Balaban J connectivity index is 2.79. The highest BCUT2D eigenvalue weighted by Gasteiger charge is 2.03. The first-order valence-electron chi connectivity index (χ1n) is 3.42. The lowest BCUT2D eigenvalue weighted by Gasteiger charge is -2.02. The lowest BCUT2D eigenvalue weighted by molar-refractivity contribution is 1.21. The molecule has 1 rings (SSSR count). The van der Waals surface area contributed by atoms with Gasteiger partial charge in [0.25, 0.3) is 0 Å². The van der Waals surface area contributed by atoms with Crippen molar-refractivity contribution in [2.45, 2.75) is 5.38 Å². The summed E-state index contributed by atoms with van der Waals surface area (Å²) in [5, 5.41) is -0.254. The van der Waals surface area contributed by atoms with Crippen molar-refractivity contribution in [3.05, 3.63) is 46.5 Å². The molecule has 0 saturated carbocycles. The Morgan fingerprint density at radius 2 is 1.75 bits per heavy atom. The predicted molar refractivity (Wildman–Crippen MR) is 54.8 cm³/mol. The number of hydrogen-bond acceptors (Lipinski definition) is 0. The van der Waals surface area contributed by atoms with Gasteiger partial charge >= 0.3 is 0 Å². The normalized spacial score (nSPS) is 12.2. The second-order valence-corrected chi connectivity index (χ2v) is 3.75. The second kappa shape index (κ2) is 4.76. The second-order valence-electron chi connectivity index (χ2n) is 2.27. The number of alkyl halides is 1. The molecule has 0 amide bonds. The maximum Gasteiger partial charge on any atom is 0.104 e. The highest BCUT2D eigenvalue weighted by atomic mass is 35.5. The molecule has 0 fully saturated rings.